The highest BCUT2D eigenvalue weighted by Crippen LogP contribution is 2.18. The summed E-state index contributed by atoms with van der Waals surface area (Å²) in [5, 5.41) is 5.53. The van der Waals surface area contributed by atoms with E-state index in [0.29, 0.717) is 23.4 Å². The number of hydrogen-bond acceptors (Lipinski definition) is 5. The van der Waals surface area contributed by atoms with Gasteiger partial charge in [0.25, 0.3) is 5.56 Å². The van der Waals surface area contributed by atoms with Gasteiger partial charge in [0.2, 0.25) is 0 Å². The fourth-order valence-electron chi connectivity index (χ4n) is 2.62. The number of aryl methyl sites for hydroxylation is 1. The number of hydrogen-bond donors (Lipinski definition) is 0. The molecule has 0 N–H and O–H groups in total. The number of ether oxygens (including phenoxy) is 2. The number of rotatable bonds is 6. The van der Waals surface area contributed by atoms with Crippen LogP contribution >= 0.6 is 0 Å². The molecule has 2 aromatic carbocycles. The van der Waals surface area contributed by atoms with E-state index in [2.05, 4.69) is 5.10 Å². The molecule has 0 atom stereocenters. The van der Waals surface area contributed by atoms with Crippen LogP contribution in [-0.2, 0) is 11.3 Å². The Balaban J connectivity index is 1.73. The Labute approximate surface area is 151 Å². The third-order valence-corrected chi connectivity index (χ3v) is 3.86. The molecule has 0 unspecified atom stereocenters. The summed E-state index contributed by atoms with van der Waals surface area (Å²) in [5.41, 5.74) is 0.372. The molecule has 0 aliphatic rings. The van der Waals surface area contributed by atoms with Crippen molar-refractivity contribution in [1.82, 2.24) is 9.78 Å². The van der Waals surface area contributed by atoms with Gasteiger partial charge in [0.05, 0.1) is 17.7 Å². The zero-order chi connectivity index (χ0) is 18.5. The maximum atomic E-state index is 12.5. The van der Waals surface area contributed by atoms with E-state index >= 15 is 0 Å². The fraction of sp³-hybridized carbons (Fsp3) is 0.250. The number of carbonyl (C=O) groups is 1. The lowest BCUT2D eigenvalue weighted by atomic mass is 10.1. The average Bonchev–Trinajstić information content (AvgIpc) is 2.65. The second-order valence-electron chi connectivity index (χ2n) is 5.89. The van der Waals surface area contributed by atoms with E-state index in [-0.39, 0.29) is 12.1 Å². The molecule has 6 nitrogen and oxygen atoms in total. The monoisotopic (exact) mass is 352 g/mol. The van der Waals surface area contributed by atoms with Gasteiger partial charge in [0.15, 0.2) is 0 Å². The van der Waals surface area contributed by atoms with Gasteiger partial charge < -0.3 is 9.47 Å². The van der Waals surface area contributed by atoms with Crippen LogP contribution < -0.4 is 15.0 Å². The number of fused-ring (bicyclic) bond motifs is 1. The lowest BCUT2D eigenvalue weighted by Crippen LogP contribution is -2.29. The molecule has 6 heteroatoms. The van der Waals surface area contributed by atoms with Crippen molar-refractivity contribution in [2.45, 2.75) is 26.8 Å². The standard InChI is InChI=1S/C20H20N2O4/c1-3-12-25-15-8-10-16(11-9-15)26-19(23)13-22-20(24)18-7-5-4-6-17(18)14(2)21-22/h4-11H,3,12-13H2,1-2H3. The van der Waals surface area contributed by atoms with Gasteiger partial charge in [-0.2, -0.15) is 5.10 Å². The Bertz CT molecular complexity index is 977. The molecule has 1 heterocycles. The molecular formula is C20H20N2O4. The van der Waals surface area contributed by atoms with E-state index in [4.69, 9.17) is 9.47 Å². The minimum Gasteiger partial charge on any atom is -0.494 e. The van der Waals surface area contributed by atoms with Crippen LogP contribution in [-0.4, -0.2) is 22.4 Å². The maximum absolute atomic E-state index is 12.5. The highest BCUT2D eigenvalue weighted by molar-refractivity contribution is 5.83. The van der Waals surface area contributed by atoms with Crippen molar-refractivity contribution < 1.29 is 14.3 Å². The average molecular weight is 352 g/mol. The van der Waals surface area contributed by atoms with Crippen LogP contribution in [0.1, 0.15) is 19.0 Å². The van der Waals surface area contributed by atoms with Crippen molar-refractivity contribution in [2.75, 3.05) is 6.61 Å². The van der Waals surface area contributed by atoms with E-state index in [1.165, 1.54) is 0 Å². The first-order valence-corrected chi connectivity index (χ1v) is 8.48. The van der Waals surface area contributed by atoms with E-state index in [1.807, 2.05) is 19.1 Å². The normalized spacial score (nSPS) is 10.7. The summed E-state index contributed by atoms with van der Waals surface area (Å²) in [6, 6.07) is 14.0. The molecule has 0 bridgehead atoms. The van der Waals surface area contributed by atoms with Gasteiger partial charge in [-0.25, -0.2) is 9.48 Å². The molecule has 3 rings (SSSR count). The highest BCUT2D eigenvalue weighted by atomic mass is 16.5. The largest absolute Gasteiger partial charge is 0.494 e. The third kappa shape index (κ3) is 3.91. The third-order valence-electron chi connectivity index (χ3n) is 3.86. The molecule has 0 saturated heterocycles. The lowest BCUT2D eigenvalue weighted by Gasteiger charge is -2.09. The molecule has 0 aliphatic heterocycles. The van der Waals surface area contributed by atoms with Crippen molar-refractivity contribution in [1.29, 1.82) is 0 Å². The van der Waals surface area contributed by atoms with Crippen LogP contribution in [0.3, 0.4) is 0 Å². The van der Waals surface area contributed by atoms with Gasteiger partial charge in [0, 0.05) is 5.39 Å². The summed E-state index contributed by atoms with van der Waals surface area (Å²) in [6.45, 7) is 4.22. The van der Waals surface area contributed by atoms with E-state index < -0.39 is 5.97 Å². The zero-order valence-electron chi connectivity index (χ0n) is 14.8. The van der Waals surface area contributed by atoms with Gasteiger partial charge in [0.1, 0.15) is 18.0 Å². The summed E-state index contributed by atoms with van der Waals surface area (Å²) in [7, 11) is 0. The first-order chi connectivity index (χ1) is 12.6. The summed E-state index contributed by atoms with van der Waals surface area (Å²) >= 11 is 0. The molecular weight excluding hydrogens is 332 g/mol. The summed E-state index contributed by atoms with van der Waals surface area (Å²) in [5.74, 6) is 0.551. The van der Waals surface area contributed by atoms with Crippen LogP contribution in [0.4, 0.5) is 0 Å². The number of aromatic nitrogens is 2. The fourth-order valence-corrected chi connectivity index (χ4v) is 2.62. The molecule has 1 aromatic heterocycles. The Kier molecular flexibility index (Phi) is 5.31. The van der Waals surface area contributed by atoms with Crippen LogP contribution in [0.5, 0.6) is 11.5 Å². The van der Waals surface area contributed by atoms with Crippen LogP contribution in [0.2, 0.25) is 0 Å². The Morgan fingerprint density at radius 2 is 1.69 bits per heavy atom. The topological polar surface area (TPSA) is 70.4 Å². The summed E-state index contributed by atoms with van der Waals surface area (Å²) in [6.07, 6.45) is 0.920. The van der Waals surface area contributed by atoms with Gasteiger partial charge in [-0.05, 0) is 43.7 Å². The molecule has 0 radical (unpaired) electrons. The highest BCUT2D eigenvalue weighted by Gasteiger charge is 2.12. The molecule has 134 valence electrons. The second-order valence-corrected chi connectivity index (χ2v) is 5.89. The van der Waals surface area contributed by atoms with Crippen molar-refractivity contribution in [3.05, 3.63) is 64.6 Å². The SMILES string of the molecule is CCCOc1ccc(OC(=O)Cn2nc(C)c3ccccc3c2=O)cc1. The smallest absolute Gasteiger partial charge is 0.333 e. The zero-order valence-corrected chi connectivity index (χ0v) is 14.8. The number of carbonyl (C=O) groups excluding carboxylic acids is 1. The number of nitrogens with zero attached hydrogens (tertiary/aromatic N) is 2. The minimum absolute atomic E-state index is 0.251. The van der Waals surface area contributed by atoms with Gasteiger partial charge >= 0.3 is 5.97 Å². The Morgan fingerprint density at radius 3 is 2.38 bits per heavy atom. The van der Waals surface area contributed by atoms with Crippen molar-refractivity contribution in [3.63, 3.8) is 0 Å². The molecule has 26 heavy (non-hydrogen) atoms. The molecule has 0 spiro atoms. The first-order valence-electron chi connectivity index (χ1n) is 8.48. The quantitative estimate of drug-likeness (QED) is 0.504. The maximum Gasteiger partial charge on any atom is 0.333 e. The summed E-state index contributed by atoms with van der Waals surface area (Å²) < 4.78 is 11.9. The van der Waals surface area contributed by atoms with Gasteiger partial charge in [-0.1, -0.05) is 25.1 Å². The second kappa shape index (κ2) is 7.82. The number of esters is 1. The van der Waals surface area contributed by atoms with E-state index in [0.717, 1.165) is 22.2 Å². The van der Waals surface area contributed by atoms with Crippen molar-refractivity contribution in [2.24, 2.45) is 0 Å². The molecule has 0 amide bonds. The Morgan fingerprint density at radius 1 is 1.04 bits per heavy atom. The molecule has 0 fully saturated rings. The van der Waals surface area contributed by atoms with Gasteiger partial charge in [-0.15, -0.1) is 0 Å². The van der Waals surface area contributed by atoms with E-state index in [9.17, 15) is 9.59 Å². The minimum atomic E-state index is -0.559. The predicted octanol–water partition coefficient (Wildman–Crippen LogP) is 3.10. The van der Waals surface area contributed by atoms with Crippen LogP contribution in [0, 0.1) is 6.92 Å². The lowest BCUT2D eigenvalue weighted by molar-refractivity contribution is -0.135. The summed E-state index contributed by atoms with van der Waals surface area (Å²) in [4.78, 5) is 24.7. The first kappa shape index (κ1) is 17.7. The molecule has 0 aliphatic carbocycles. The van der Waals surface area contributed by atoms with Gasteiger partial charge in [-0.3, -0.25) is 4.79 Å². The van der Waals surface area contributed by atoms with Crippen molar-refractivity contribution in [3.8, 4) is 11.5 Å². The number of benzene rings is 2. The molecule has 0 saturated carbocycles. The van der Waals surface area contributed by atoms with E-state index in [1.54, 1.807) is 43.3 Å². The van der Waals surface area contributed by atoms with Crippen LogP contribution in [0.15, 0.2) is 53.3 Å². The van der Waals surface area contributed by atoms with Crippen LogP contribution in [0.25, 0.3) is 10.8 Å². The Hall–Kier alpha value is -3.15. The predicted molar refractivity (Wildman–Crippen MR) is 98.6 cm³/mol. The van der Waals surface area contributed by atoms with Crippen molar-refractivity contribution >= 4 is 16.7 Å². The molecule has 3 aromatic rings.